The first-order chi connectivity index (χ1) is 6.81. The minimum absolute atomic E-state index is 0.148. The lowest BCUT2D eigenvalue weighted by atomic mass is 10.2. The van der Waals surface area contributed by atoms with Crippen LogP contribution in [0.3, 0.4) is 0 Å². The minimum Gasteiger partial charge on any atom is -0.466 e. The molecule has 14 heavy (non-hydrogen) atoms. The minimum atomic E-state index is -0.148. The summed E-state index contributed by atoms with van der Waals surface area (Å²) in [5, 5.41) is 0. The maximum Gasteiger partial charge on any atom is 0.306 e. The summed E-state index contributed by atoms with van der Waals surface area (Å²) in [4.78, 5) is 10.9. The lowest BCUT2D eigenvalue weighted by Gasteiger charge is -2.03. The fraction of sp³-hybridized carbons (Fsp3) is 0.900. The predicted octanol–water partition coefficient (Wildman–Crippen LogP) is 2.06. The Kier molecular flexibility index (Phi) is 10.7. The van der Waals surface area contributed by atoms with Crippen molar-refractivity contribution in [2.45, 2.75) is 32.6 Å². The number of hydrogen-bond donors (Lipinski definition) is 1. The molecule has 0 N–H and O–H groups in total. The van der Waals surface area contributed by atoms with Crippen LogP contribution >= 0.6 is 12.6 Å². The van der Waals surface area contributed by atoms with E-state index in [4.69, 9.17) is 9.47 Å². The van der Waals surface area contributed by atoms with Gasteiger partial charge in [0.2, 0.25) is 0 Å². The van der Waals surface area contributed by atoms with Crippen LogP contribution in [-0.4, -0.2) is 31.5 Å². The molecule has 0 spiro atoms. The SMILES string of the molecule is CCOCCCCCOC(=O)CCS. The smallest absolute Gasteiger partial charge is 0.306 e. The molecule has 0 aliphatic rings. The van der Waals surface area contributed by atoms with Gasteiger partial charge in [-0.3, -0.25) is 4.79 Å². The summed E-state index contributed by atoms with van der Waals surface area (Å²) in [5.41, 5.74) is 0. The fourth-order valence-electron chi connectivity index (χ4n) is 0.977. The van der Waals surface area contributed by atoms with Crippen LogP contribution < -0.4 is 0 Å². The summed E-state index contributed by atoms with van der Waals surface area (Å²) in [7, 11) is 0. The van der Waals surface area contributed by atoms with Gasteiger partial charge in [-0.15, -0.1) is 0 Å². The van der Waals surface area contributed by atoms with Gasteiger partial charge in [0, 0.05) is 19.0 Å². The van der Waals surface area contributed by atoms with Crippen LogP contribution in [0.5, 0.6) is 0 Å². The van der Waals surface area contributed by atoms with Crippen molar-refractivity contribution in [2.75, 3.05) is 25.6 Å². The molecule has 0 unspecified atom stereocenters. The Morgan fingerprint density at radius 3 is 2.57 bits per heavy atom. The van der Waals surface area contributed by atoms with Crippen molar-refractivity contribution in [1.82, 2.24) is 0 Å². The van der Waals surface area contributed by atoms with Crippen molar-refractivity contribution in [3.63, 3.8) is 0 Å². The Hall–Kier alpha value is -0.220. The molecule has 84 valence electrons. The Labute approximate surface area is 91.6 Å². The highest BCUT2D eigenvalue weighted by Crippen LogP contribution is 1.98. The number of thiol groups is 1. The van der Waals surface area contributed by atoms with Gasteiger partial charge >= 0.3 is 5.97 Å². The summed E-state index contributed by atoms with van der Waals surface area (Å²) in [6.45, 7) is 4.09. The highest BCUT2D eigenvalue weighted by atomic mass is 32.1. The number of rotatable bonds is 9. The van der Waals surface area contributed by atoms with E-state index in [1.54, 1.807) is 0 Å². The van der Waals surface area contributed by atoms with Gasteiger partial charge in [-0.2, -0.15) is 12.6 Å². The number of esters is 1. The van der Waals surface area contributed by atoms with E-state index in [1.165, 1.54) is 0 Å². The molecule has 0 heterocycles. The molecule has 0 radical (unpaired) electrons. The lowest BCUT2D eigenvalue weighted by molar-refractivity contribution is -0.143. The van der Waals surface area contributed by atoms with Gasteiger partial charge in [0.05, 0.1) is 13.0 Å². The Balaban J connectivity index is 3.01. The molecule has 0 aromatic heterocycles. The van der Waals surface area contributed by atoms with Gasteiger partial charge in [-0.05, 0) is 26.2 Å². The Morgan fingerprint density at radius 1 is 1.21 bits per heavy atom. The molecule has 0 rings (SSSR count). The maximum atomic E-state index is 10.9. The number of carbonyl (C=O) groups excluding carboxylic acids is 1. The number of carbonyl (C=O) groups is 1. The van der Waals surface area contributed by atoms with Crippen LogP contribution in [0.25, 0.3) is 0 Å². The highest BCUT2D eigenvalue weighted by Gasteiger charge is 1.99. The molecular weight excluding hydrogens is 200 g/mol. The van der Waals surface area contributed by atoms with Crippen molar-refractivity contribution < 1.29 is 14.3 Å². The molecule has 0 saturated heterocycles. The van der Waals surface area contributed by atoms with Crippen molar-refractivity contribution in [3.05, 3.63) is 0 Å². The molecule has 0 aromatic carbocycles. The van der Waals surface area contributed by atoms with Crippen LogP contribution in [-0.2, 0) is 14.3 Å². The van der Waals surface area contributed by atoms with Crippen LogP contribution in [0.15, 0.2) is 0 Å². The molecule has 0 saturated carbocycles. The number of unbranched alkanes of at least 4 members (excludes halogenated alkanes) is 2. The van der Waals surface area contributed by atoms with Crippen LogP contribution in [0, 0.1) is 0 Å². The van der Waals surface area contributed by atoms with Crippen molar-refractivity contribution >= 4 is 18.6 Å². The quantitative estimate of drug-likeness (QED) is 0.367. The van der Waals surface area contributed by atoms with Crippen molar-refractivity contribution in [2.24, 2.45) is 0 Å². The Morgan fingerprint density at radius 2 is 1.93 bits per heavy atom. The van der Waals surface area contributed by atoms with Gasteiger partial charge < -0.3 is 9.47 Å². The van der Waals surface area contributed by atoms with Gasteiger partial charge in [-0.25, -0.2) is 0 Å². The van der Waals surface area contributed by atoms with Gasteiger partial charge in [-0.1, -0.05) is 0 Å². The Bertz CT molecular complexity index is 139. The van der Waals surface area contributed by atoms with E-state index in [2.05, 4.69) is 12.6 Å². The normalized spacial score (nSPS) is 10.1. The van der Waals surface area contributed by atoms with E-state index in [-0.39, 0.29) is 5.97 Å². The van der Waals surface area contributed by atoms with Crippen LogP contribution in [0.2, 0.25) is 0 Å². The van der Waals surface area contributed by atoms with Crippen LogP contribution in [0.4, 0.5) is 0 Å². The molecule has 0 fully saturated rings. The summed E-state index contributed by atoms with van der Waals surface area (Å²) in [6, 6.07) is 0. The van der Waals surface area contributed by atoms with Gasteiger partial charge in [0.1, 0.15) is 0 Å². The second kappa shape index (κ2) is 10.9. The zero-order chi connectivity index (χ0) is 10.6. The van der Waals surface area contributed by atoms with Crippen molar-refractivity contribution in [1.29, 1.82) is 0 Å². The largest absolute Gasteiger partial charge is 0.466 e. The molecule has 0 atom stereocenters. The molecule has 0 bridgehead atoms. The van der Waals surface area contributed by atoms with E-state index in [0.717, 1.165) is 32.5 Å². The van der Waals surface area contributed by atoms with Crippen LogP contribution in [0.1, 0.15) is 32.6 Å². The second-order valence-electron chi connectivity index (χ2n) is 2.95. The standard InChI is InChI=1S/C10H20O3S/c1-2-12-7-4-3-5-8-13-10(11)6-9-14/h14H,2-9H2,1H3. The fourth-order valence-corrected chi connectivity index (χ4v) is 1.16. The summed E-state index contributed by atoms with van der Waals surface area (Å²) in [6.07, 6.45) is 3.42. The first-order valence-corrected chi connectivity index (χ1v) is 5.78. The summed E-state index contributed by atoms with van der Waals surface area (Å²) >= 11 is 3.94. The second-order valence-corrected chi connectivity index (χ2v) is 3.40. The van der Waals surface area contributed by atoms with E-state index < -0.39 is 0 Å². The highest BCUT2D eigenvalue weighted by molar-refractivity contribution is 7.80. The third kappa shape index (κ3) is 9.86. The molecule has 0 amide bonds. The molecule has 0 aliphatic heterocycles. The third-order valence-electron chi connectivity index (χ3n) is 1.72. The van der Waals surface area contributed by atoms with E-state index >= 15 is 0 Å². The average molecular weight is 220 g/mol. The number of hydrogen-bond acceptors (Lipinski definition) is 4. The molecule has 3 nitrogen and oxygen atoms in total. The average Bonchev–Trinajstić information content (AvgIpc) is 2.17. The van der Waals surface area contributed by atoms with Gasteiger partial charge in [0.15, 0.2) is 0 Å². The lowest BCUT2D eigenvalue weighted by Crippen LogP contribution is -2.06. The van der Waals surface area contributed by atoms with E-state index in [0.29, 0.717) is 18.8 Å². The molecule has 4 heteroatoms. The first kappa shape index (κ1) is 13.8. The summed E-state index contributed by atoms with van der Waals surface area (Å²) in [5.74, 6) is 0.410. The third-order valence-corrected chi connectivity index (χ3v) is 1.94. The monoisotopic (exact) mass is 220 g/mol. The van der Waals surface area contributed by atoms with Gasteiger partial charge in [0.25, 0.3) is 0 Å². The molecule has 0 aromatic rings. The predicted molar refractivity (Wildman–Crippen MR) is 59.8 cm³/mol. The summed E-state index contributed by atoms with van der Waals surface area (Å²) < 4.78 is 10.1. The maximum absolute atomic E-state index is 10.9. The van der Waals surface area contributed by atoms with Crippen molar-refractivity contribution in [3.8, 4) is 0 Å². The zero-order valence-corrected chi connectivity index (χ0v) is 9.72. The van der Waals surface area contributed by atoms with E-state index in [1.807, 2.05) is 6.92 Å². The zero-order valence-electron chi connectivity index (χ0n) is 8.83. The molecular formula is C10H20O3S. The molecule has 0 aliphatic carbocycles. The first-order valence-electron chi connectivity index (χ1n) is 5.15. The number of ether oxygens (including phenoxy) is 2. The van der Waals surface area contributed by atoms with E-state index in [9.17, 15) is 4.79 Å². The topological polar surface area (TPSA) is 35.5 Å².